The minimum absolute atomic E-state index is 0.0694. The van der Waals surface area contributed by atoms with E-state index in [0.717, 1.165) is 38.1 Å². The molecule has 1 N–H and O–H groups in total. The van der Waals surface area contributed by atoms with Gasteiger partial charge in [-0.05, 0) is 32.1 Å². The predicted octanol–water partition coefficient (Wildman–Crippen LogP) is 3.10. The Bertz CT molecular complexity index is 472. The molecule has 2 heterocycles. The van der Waals surface area contributed by atoms with Crippen molar-refractivity contribution in [3.63, 3.8) is 0 Å². The van der Waals surface area contributed by atoms with Gasteiger partial charge < -0.3 is 14.7 Å². The molecule has 1 aliphatic heterocycles. The first-order valence-electron chi connectivity index (χ1n) is 8.48. The SMILES string of the molecule is CCC1CCCCN1C(=O)NCCCc1nc(C(C)C)no1. The molecule has 0 bridgehead atoms. The Morgan fingerprint density at radius 3 is 2.95 bits per heavy atom. The first-order chi connectivity index (χ1) is 10.6. The third kappa shape index (κ3) is 4.45. The molecule has 2 amide bonds. The molecule has 0 saturated carbocycles. The molecular weight excluding hydrogens is 280 g/mol. The molecule has 22 heavy (non-hydrogen) atoms. The van der Waals surface area contributed by atoms with Gasteiger partial charge in [-0.15, -0.1) is 0 Å². The van der Waals surface area contributed by atoms with Crippen LogP contribution in [0.5, 0.6) is 0 Å². The van der Waals surface area contributed by atoms with Crippen molar-refractivity contribution < 1.29 is 9.32 Å². The molecule has 1 aromatic heterocycles. The third-order valence-electron chi connectivity index (χ3n) is 4.20. The zero-order chi connectivity index (χ0) is 15.9. The number of nitrogens with one attached hydrogen (secondary N) is 1. The van der Waals surface area contributed by atoms with Crippen LogP contribution < -0.4 is 5.32 Å². The van der Waals surface area contributed by atoms with Crippen LogP contribution >= 0.6 is 0 Å². The largest absolute Gasteiger partial charge is 0.339 e. The Kier molecular flexibility index (Phi) is 6.21. The summed E-state index contributed by atoms with van der Waals surface area (Å²) < 4.78 is 5.20. The second-order valence-electron chi connectivity index (χ2n) is 6.29. The maximum atomic E-state index is 12.2. The van der Waals surface area contributed by atoms with Crippen molar-refractivity contribution in [2.24, 2.45) is 0 Å². The fourth-order valence-electron chi connectivity index (χ4n) is 2.83. The van der Waals surface area contributed by atoms with Crippen molar-refractivity contribution >= 4 is 6.03 Å². The number of hydrogen-bond donors (Lipinski definition) is 1. The van der Waals surface area contributed by atoms with E-state index < -0.39 is 0 Å². The number of carbonyl (C=O) groups excluding carboxylic acids is 1. The zero-order valence-corrected chi connectivity index (χ0v) is 14.0. The quantitative estimate of drug-likeness (QED) is 0.820. The van der Waals surface area contributed by atoms with Gasteiger partial charge in [0.05, 0.1) is 0 Å². The molecule has 1 aromatic rings. The molecule has 0 spiro atoms. The van der Waals surface area contributed by atoms with E-state index in [2.05, 4.69) is 22.4 Å². The molecule has 1 atom stereocenters. The van der Waals surface area contributed by atoms with E-state index in [1.807, 2.05) is 18.7 Å². The summed E-state index contributed by atoms with van der Waals surface area (Å²) in [5.41, 5.74) is 0. The molecule has 1 saturated heterocycles. The van der Waals surface area contributed by atoms with Crippen molar-refractivity contribution in [3.05, 3.63) is 11.7 Å². The van der Waals surface area contributed by atoms with Crippen molar-refractivity contribution in [1.29, 1.82) is 0 Å². The van der Waals surface area contributed by atoms with Crippen LogP contribution in [0.25, 0.3) is 0 Å². The number of nitrogens with zero attached hydrogens (tertiary/aromatic N) is 3. The number of aryl methyl sites for hydroxylation is 1. The second kappa shape index (κ2) is 8.15. The fraction of sp³-hybridized carbons (Fsp3) is 0.812. The lowest BCUT2D eigenvalue weighted by molar-refractivity contribution is 0.149. The van der Waals surface area contributed by atoms with Gasteiger partial charge in [-0.1, -0.05) is 25.9 Å². The van der Waals surface area contributed by atoms with Crippen LogP contribution in [0.3, 0.4) is 0 Å². The molecule has 1 unspecified atom stereocenters. The summed E-state index contributed by atoms with van der Waals surface area (Å²) in [6.07, 6.45) is 6.03. The van der Waals surface area contributed by atoms with Gasteiger partial charge in [-0.25, -0.2) is 4.79 Å². The molecular formula is C16H28N4O2. The molecule has 0 aliphatic carbocycles. The average Bonchev–Trinajstić information content (AvgIpc) is 3.00. The van der Waals surface area contributed by atoms with Crippen molar-refractivity contribution in [2.75, 3.05) is 13.1 Å². The van der Waals surface area contributed by atoms with Gasteiger partial charge in [0.2, 0.25) is 5.89 Å². The summed E-state index contributed by atoms with van der Waals surface area (Å²) in [7, 11) is 0. The normalized spacial score (nSPS) is 18.7. The lowest BCUT2D eigenvalue weighted by Crippen LogP contribution is -2.48. The predicted molar refractivity (Wildman–Crippen MR) is 84.7 cm³/mol. The van der Waals surface area contributed by atoms with E-state index in [-0.39, 0.29) is 11.9 Å². The number of carbonyl (C=O) groups is 1. The fourth-order valence-corrected chi connectivity index (χ4v) is 2.83. The van der Waals surface area contributed by atoms with Crippen LogP contribution in [0.4, 0.5) is 4.79 Å². The molecule has 124 valence electrons. The Labute approximate surface area is 132 Å². The third-order valence-corrected chi connectivity index (χ3v) is 4.20. The topological polar surface area (TPSA) is 71.3 Å². The van der Waals surface area contributed by atoms with Crippen LogP contribution in [0.15, 0.2) is 4.52 Å². The van der Waals surface area contributed by atoms with Crippen LogP contribution in [-0.4, -0.2) is 40.2 Å². The minimum Gasteiger partial charge on any atom is -0.339 e. The molecule has 0 aromatic carbocycles. The number of likely N-dealkylation sites (tertiary alicyclic amines) is 1. The molecule has 1 aliphatic rings. The van der Waals surface area contributed by atoms with E-state index >= 15 is 0 Å². The van der Waals surface area contributed by atoms with E-state index in [0.29, 0.717) is 24.9 Å². The monoisotopic (exact) mass is 308 g/mol. The number of urea groups is 1. The molecule has 1 fully saturated rings. The average molecular weight is 308 g/mol. The molecule has 0 radical (unpaired) electrons. The molecule has 6 nitrogen and oxygen atoms in total. The highest BCUT2D eigenvalue weighted by atomic mass is 16.5. The van der Waals surface area contributed by atoms with Gasteiger partial charge >= 0.3 is 6.03 Å². The smallest absolute Gasteiger partial charge is 0.317 e. The van der Waals surface area contributed by atoms with E-state index in [4.69, 9.17) is 4.52 Å². The lowest BCUT2D eigenvalue weighted by atomic mass is 10.0. The van der Waals surface area contributed by atoms with Gasteiger partial charge in [0, 0.05) is 31.5 Å². The number of amides is 2. The summed E-state index contributed by atoms with van der Waals surface area (Å²) in [5, 5.41) is 6.96. The highest BCUT2D eigenvalue weighted by Gasteiger charge is 2.24. The van der Waals surface area contributed by atoms with Crippen LogP contribution in [0.1, 0.15) is 70.5 Å². The van der Waals surface area contributed by atoms with Crippen molar-refractivity contribution in [3.8, 4) is 0 Å². The second-order valence-corrected chi connectivity index (χ2v) is 6.29. The summed E-state index contributed by atoms with van der Waals surface area (Å²) in [4.78, 5) is 18.6. The van der Waals surface area contributed by atoms with E-state index in [1.54, 1.807) is 0 Å². The van der Waals surface area contributed by atoms with E-state index in [9.17, 15) is 4.79 Å². The van der Waals surface area contributed by atoms with Gasteiger partial charge in [0.15, 0.2) is 5.82 Å². The molecule has 6 heteroatoms. The minimum atomic E-state index is 0.0694. The first-order valence-corrected chi connectivity index (χ1v) is 8.48. The highest BCUT2D eigenvalue weighted by molar-refractivity contribution is 5.74. The van der Waals surface area contributed by atoms with Gasteiger partial charge in [-0.3, -0.25) is 0 Å². The number of piperidine rings is 1. The Morgan fingerprint density at radius 2 is 2.27 bits per heavy atom. The summed E-state index contributed by atoms with van der Waals surface area (Å²) in [6.45, 7) is 7.75. The Morgan fingerprint density at radius 1 is 1.45 bits per heavy atom. The number of aromatic nitrogens is 2. The number of rotatable bonds is 6. The van der Waals surface area contributed by atoms with Crippen LogP contribution in [-0.2, 0) is 6.42 Å². The summed E-state index contributed by atoms with van der Waals surface area (Å²) in [6, 6.07) is 0.471. The molecule has 2 rings (SSSR count). The maximum absolute atomic E-state index is 12.2. The van der Waals surface area contributed by atoms with Gasteiger partial charge in [0.25, 0.3) is 0 Å². The number of hydrogen-bond acceptors (Lipinski definition) is 4. The van der Waals surface area contributed by atoms with Crippen molar-refractivity contribution in [2.45, 2.75) is 71.3 Å². The standard InChI is InChI=1S/C16H28N4O2/c1-4-13-8-5-6-11-20(13)16(21)17-10-7-9-14-18-15(12(2)3)19-22-14/h12-13H,4-11H2,1-3H3,(H,17,21). The summed E-state index contributed by atoms with van der Waals surface area (Å²) >= 11 is 0. The van der Waals surface area contributed by atoms with Crippen LogP contribution in [0, 0.1) is 0 Å². The van der Waals surface area contributed by atoms with E-state index in [1.165, 1.54) is 6.42 Å². The van der Waals surface area contributed by atoms with Gasteiger partial charge in [0.1, 0.15) is 0 Å². The van der Waals surface area contributed by atoms with Crippen molar-refractivity contribution in [1.82, 2.24) is 20.4 Å². The zero-order valence-electron chi connectivity index (χ0n) is 14.0. The highest BCUT2D eigenvalue weighted by Crippen LogP contribution is 2.19. The van der Waals surface area contributed by atoms with Gasteiger partial charge in [-0.2, -0.15) is 4.98 Å². The van der Waals surface area contributed by atoms with Crippen LogP contribution in [0.2, 0.25) is 0 Å². The lowest BCUT2D eigenvalue weighted by Gasteiger charge is -2.35. The summed E-state index contributed by atoms with van der Waals surface area (Å²) in [5.74, 6) is 1.68. The maximum Gasteiger partial charge on any atom is 0.317 e. The Hall–Kier alpha value is -1.59. The Balaban J connectivity index is 1.70. The first kappa shape index (κ1) is 16.8.